The van der Waals surface area contributed by atoms with Gasteiger partial charge in [-0.2, -0.15) is 0 Å². The lowest BCUT2D eigenvalue weighted by Gasteiger charge is -2.40. The maximum absolute atomic E-state index is 13.0. The molecule has 0 radical (unpaired) electrons. The first kappa shape index (κ1) is 16.4. The van der Waals surface area contributed by atoms with Gasteiger partial charge in [0.05, 0.1) is 5.69 Å². The van der Waals surface area contributed by atoms with Crippen LogP contribution in [0.2, 0.25) is 0 Å². The van der Waals surface area contributed by atoms with Crippen molar-refractivity contribution in [3.8, 4) is 5.75 Å². The lowest BCUT2D eigenvalue weighted by atomic mass is 10.1. The van der Waals surface area contributed by atoms with Crippen molar-refractivity contribution >= 4 is 23.6 Å². The summed E-state index contributed by atoms with van der Waals surface area (Å²) < 4.78 is 0. The Morgan fingerprint density at radius 1 is 1.27 bits per heavy atom. The van der Waals surface area contributed by atoms with Gasteiger partial charge in [0.15, 0.2) is 12.2 Å². The van der Waals surface area contributed by atoms with Gasteiger partial charge in [-0.3, -0.25) is 14.6 Å². The highest BCUT2D eigenvalue weighted by molar-refractivity contribution is 6.09. The Bertz CT molecular complexity index is 849. The predicted molar refractivity (Wildman–Crippen MR) is 96.4 cm³/mol. The van der Waals surface area contributed by atoms with E-state index in [4.69, 9.17) is 0 Å². The van der Waals surface area contributed by atoms with E-state index in [2.05, 4.69) is 4.99 Å². The number of likely N-dealkylation sites (N-methyl/N-ethyl adjacent to an activating group) is 1. The van der Waals surface area contributed by atoms with Crippen LogP contribution < -0.4 is 4.90 Å². The molecular formula is C18H21N5O3. The summed E-state index contributed by atoms with van der Waals surface area (Å²) in [4.78, 5) is 36.7. The second-order valence-corrected chi connectivity index (χ2v) is 6.70. The number of carbonyl (C=O) groups excluding carboxylic acids is 2. The van der Waals surface area contributed by atoms with Crippen molar-refractivity contribution in [1.29, 1.82) is 0 Å². The predicted octanol–water partition coefficient (Wildman–Crippen LogP) is 1.74. The Labute approximate surface area is 151 Å². The average molecular weight is 355 g/mol. The molecule has 0 saturated carbocycles. The second-order valence-electron chi connectivity index (χ2n) is 6.70. The minimum absolute atomic E-state index is 0.155. The van der Waals surface area contributed by atoms with Gasteiger partial charge < -0.3 is 14.9 Å². The number of guanidine groups is 1. The molecule has 4 rings (SSSR count). The first-order valence-electron chi connectivity index (χ1n) is 8.66. The van der Waals surface area contributed by atoms with Crippen LogP contribution in [0.5, 0.6) is 5.75 Å². The third-order valence-corrected chi connectivity index (χ3v) is 4.92. The summed E-state index contributed by atoms with van der Waals surface area (Å²) in [7, 11) is 1.68. The maximum Gasteiger partial charge on any atom is 0.328 e. The van der Waals surface area contributed by atoms with Crippen LogP contribution >= 0.6 is 0 Å². The number of urea groups is 1. The highest BCUT2D eigenvalue weighted by atomic mass is 16.3. The van der Waals surface area contributed by atoms with Gasteiger partial charge in [-0.15, -0.1) is 0 Å². The van der Waals surface area contributed by atoms with Crippen molar-refractivity contribution in [1.82, 2.24) is 14.7 Å². The number of carbonyl (C=O) groups is 2. The van der Waals surface area contributed by atoms with E-state index < -0.39 is 12.2 Å². The number of hydrogen-bond acceptors (Lipinski definition) is 6. The number of amides is 3. The number of aromatic hydroxyl groups is 1. The van der Waals surface area contributed by atoms with Crippen LogP contribution in [0.3, 0.4) is 0 Å². The number of benzene rings is 1. The Balaban J connectivity index is 1.73. The molecule has 8 nitrogen and oxygen atoms in total. The fraction of sp³-hybridized carbons (Fsp3) is 0.389. The number of rotatable bonds is 3. The van der Waals surface area contributed by atoms with Gasteiger partial charge in [-0.05, 0) is 25.5 Å². The van der Waals surface area contributed by atoms with Gasteiger partial charge in [0.1, 0.15) is 5.75 Å². The molecule has 3 heterocycles. The van der Waals surface area contributed by atoms with Gasteiger partial charge in [-0.1, -0.05) is 13.0 Å². The van der Waals surface area contributed by atoms with E-state index in [0.717, 1.165) is 11.4 Å². The second kappa shape index (κ2) is 5.76. The fourth-order valence-corrected chi connectivity index (χ4v) is 3.73. The molecule has 1 saturated heterocycles. The number of hydrogen-bond donors (Lipinski definition) is 1. The number of phenols is 1. The Hall–Kier alpha value is -3.03. The molecule has 0 bridgehead atoms. The quantitative estimate of drug-likeness (QED) is 0.893. The molecule has 3 amide bonds. The summed E-state index contributed by atoms with van der Waals surface area (Å²) in [6.07, 6.45) is 2.03. The summed E-state index contributed by atoms with van der Waals surface area (Å²) in [6.45, 7) is 4.26. The normalized spacial score (nSPS) is 24.7. The summed E-state index contributed by atoms with van der Waals surface area (Å²) in [5, 5.41) is 9.81. The molecule has 1 N–H and O–H groups in total. The first-order valence-corrected chi connectivity index (χ1v) is 8.66. The zero-order chi connectivity index (χ0) is 18.6. The van der Waals surface area contributed by atoms with Gasteiger partial charge in [0.25, 0.3) is 5.91 Å². The van der Waals surface area contributed by atoms with E-state index in [1.165, 1.54) is 9.80 Å². The van der Waals surface area contributed by atoms with Crippen LogP contribution in [-0.2, 0) is 4.79 Å². The Morgan fingerprint density at radius 2 is 2.04 bits per heavy atom. The smallest absolute Gasteiger partial charge is 0.328 e. The first-order chi connectivity index (χ1) is 12.4. The molecule has 0 spiro atoms. The van der Waals surface area contributed by atoms with Crippen LogP contribution in [-0.4, -0.2) is 63.5 Å². The number of fused-ring (bicyclic) bond motifs is 3. The monoisotopic (exact) mass is 355 g/mol. The summed E-state index contributed by atoms with van der Waals surface area (Å²) in [6, 6.07) is 6.00. The number of imide groups is 1. The lowest BCUT2D eigenvalue weighted by molar-refractivity contribution is -0.136. The van der Waals surface area contributed by atoms with E-state index in [9.17, 15) is 14.7 Å². The molecule has 3 aliphatic heterocycles. The molecular weight excluding hydrogens is 334 g/mol. The van der Waals surface area contributed by atoms with Gasteiger partial charge in [0, 0.05) is 31.6 Å². The van der Waals surface area contributed by atoms with E-state index in [0.29, 0.717) is 18.9 Å². The van der Waals surface area contributed by atoms with Crippen LogP contribution in [0, 0.1) is 0 Å². The molecule has 0 aliphatic carbocycles. The number of allylic oxidation sites excluding steroid dienone is 1. The fourth-order valence-electron chi connectivity index (χ4n) is 3.73. The van der Waals surface area contributed by atoms with Crippen molar-refractivity contribution < 1.29 is 14.7 Å². The molecule has 2 unspecified atom stereocenters. The third-order valence-electron chi connectivity index (χ3n) is 4.92. The molecule has 0 aromatic heterocycles. The SMILES string of the molecule is CCCN1C(=O)C2C(N=C3N(c4cccc(O)c4)C(C)=CN32)N(C)C1=O. The largest absolute Gasteiger partial charge is 0.508 e. The van der Waals surface area contributed by atoms with E-state index in [-0.39, 0.29) is 17.7 Å². The summed E-state index contributed by atoms with van der Waals surface area (Å²) >= 11 is 0. The lowest BCUT2D eigenvalue weighted by Crippen LogP contribution is -2.64. The highest BCUT2D eigenvalue weighted by Gasteiger charge is 2.54. The minimum Gasteiger partial charge on any atom is -0.508 e. The zero-order valence-electron chi connectivity index (χ0n) is 15.0. The molecule has 3 aliphatic rings. The molecule has 8 heteroatoms. The Kier molecular flexibility index (Phi) is 3.64. The summed E-state index contributed by atoms with van der Waals surface area (Å²) in [5.74, 6) is 0.525. The van der Waals surface area contributed by atoms with E-state index >= 15 is 0 Å². The van der Waals surface area contributed by atoms with Gasteiger partial charge in [0.2, 0.25) is 5.96 Å². The number of aliphatic imine (C=N–C) groups is 1. The highest BCUT2D eigenvalue weighted by Crippen LogP contribution is 2.37. The molecule has 136 valence electrons. The maximum atomic E-state index is 13.0. The number of phenolic OH excluding ortho intramolecular Hbond substituents is 1. The Morgan fingerprint density at radius 3 is 2.73 bits per heavy atom. The average Bonchev–Trinajstić information content (AvgIpc) is 3.11. The van der Waals surface area contributed by atoms with Crippen molar-refractivity contribution in [2.45, 2.75) is 32.5 Å². The number of anilines is 1. The third kappa shape index (κ3) is 2.18. The standard InChI is InChI=1S/C18H21N5O3/c1-4-8-21-16(25)14-15(20(3)18(21)26)19-17-22(14)10-11(2)23(17)12-6-5-7-13(24)9-12/h5-7,9-10,14-15,24H,4,8H2,1-3H3. The molecule has 1 aromatic carbocycles. The van der Waals surface area contributed by atoms with Gasteiger partial charge in [-0.25, -0.2) is 9.79 Å². The van der Waals surface area contributed by atoms with Gasteiger partial charge >= 0.3 is 6.03 Å². The molecule has 2 atom stereocenters. The van der Waals surface area contributed by atoms with Crippen LogP contribution in [0.25, 0.3) is 0 Å². The van der Waals surface area contributed by atoms with Crippen molar-refractivity contribution in [2.24, 2.45) is 4.99 Å². The molecule has 1 fully saturated rings. The van der Waals surface area contributed by atoms with Crippen LogP contribution in [0.4, 0.5) is 10.5 Å². The topological polar surface area (TPSA) is 79.7 Å². The van der Waals surface area contributed by atoms with Crippen molar-refractivity contribution in [3.63, 3.8) is 0 Å². The summed E-state index contributed by atoms with van der Waals surface area (Å²) in [5.41, 5.74) is 1.65. The van der Waals surface area contributed by atoms with E-state index in [1.54, 1.807) is 25.2 Å². The minimum atomic E-state index is -0.559. The zero-order valence-corrected chi connectivity index (χ0v) is 15.0. The van der Waals surface area contributed by atoms with Crippen molar-refractivity contribution in [3.05, 3.63) is 36.2 Å². The number of nitrogens with zero attached hydrogens (tertiary/aromatic N) is 5. The van der Waals surface area contributed by atoms with Crippen molar-refractivity contribution in [2.75, 3.05) is 18.5 Å². The van der Waals surface area contributed by atoms with Crippen LogP contribution in [0.15, 0.2) is 41.2 Å². The van der Waals surface area contributed by atoms with E-state index in [1.807, 2.05) is 35.9 Å². The molecule has 1 aromatic rings. The molecule has 26 heavy (non-hydrogen) atoms. The van der Waals surface area contributed by atoms with Crippen LogP contribution in [0.1, 0.15) is 20.3 Å².